The highest BCUT2D eigenvalue weighted by molar-refractivity contribution is 7.89. The predicted octanol–water partition coefficient (Wildman–Crippen LogP) is 1.47. The van der Waals surface area contributed by atoms with Gasteiger partial charge < -0.3 is 4.90 Å². The molecule has 1 unspecified atom stereocenters. The van der Waals surface area contributed by atoms with Crippen molar-refractivity contribution in [3.63, 3.8) is 0 Å². The Balaban J connectivity index is 2.11. The largest absolute Gasteiger partial charge is 0.339 e. The fraction of sp³-hybridized carbons (Fsp3) is 0.438. The summed E-state index contributed by atoms with van der Waals surface area (Å²) in [5.74, 6) is 2.70. The fourth-order valence-electron chi connectivity index (χ4n) is 2.28. The second-order valence-corrected chi connectivity index (χ2v) is 7.31. The second kappa shape index (κ2) is 6.51. The lowest BCUT2D eigenvalue weighted by Gasteiger charge is -2.25. The monoisotopic (exact) mass is 320 g/mol. The van der Waals surface area contributed by atoms with Gasteiger partial charge in [-0.2, -0.15) is 4.72 Å². The maximum atomic E-state index is 12.4. The Kier molecular flexibility index (Phi) is 4.89. The maximum Gasteiger partial charge on any atom is 0.253 e. The Morgan fingerprint density at radius 1 is 1.41 bits per heavy atom. The first-order valence-corrected chi connectivity index (χ1v) is 8.65. The summed E-state index contributed by atoms with van der Waals surface area (Å²) in [6.45, 7) is 1.97. The number of nitrogens with zero attached hydrogens (tertiary/aromatic N) is 1. The van der Waals surface area contributed by atoms with Crippen molar-refractivity contribution in [1.29, 1.82) is 0 Å². The van der Waals surface area contributed by atoms with E-state index >= 15 is 0 Å². The van der Waals surface area contributed by atoms with E-state index < -0.39 is 10.0 Å². The number of hydrogen-bond acceptors (Lipinski definition) is 3. The van der Waals surface area contributed by atoms with Crippen molar-refractivity contribution in [1.82, 2.24) is 9.62 Å². The maximum absolute atomic E-state index is 12.4. The van der Waals surface area contributed by atoms with Gasteiger partial charge in [0.05, 0.1) is 11.4 Å². The Bertz CT molecular complexity index is 685. The summed E-state index contributed by atoms with van der Waals surface area (Å²) in [6, 6.07) is 6.10. The van der Waals surface area contributed by atoms with Crippen molar-refractivity contribution in [3.8, 4) is 12.3 Å². The summed E-state index contributed by atoms with van der Waals surface area (Å²) in [5, 5.41) is 0. The highest BCUT2D eigenvalue weighted by Gasteiger charge is 2.32. The Morgan fingerprint density at radius 2 is 2.00 bits per heavy atom. The molecule has 22 heavy (non-hydrogen) atoms. The van der Waals surface area contributed by atoms with Crippen LogP contribution < -0.4 is 4.72 Å². The molecule has 0 aliphatic heterocycles. The lowest BCUT2D eigenvalue weighted by Crippen LogP contribution is -2.36. The minimum absolute atomic E-state index is 0.0648. The highest BCUT2D eigenvalue weighted by atomic mass is 32.2. The van der Waals surface area contributed by atoms with Crippen LogP contribution >= 0.6 is 0 Å². The number of hydrogen-bond donors (Lipinski definition) is 1. The number of amides is 1. The third kappa shape index (κ3) is 3.67. The van der Waals surface area contributed by atoms with E-state index in [9.17, 15) is 13.2 Å². The standard InChI is InChI=1S/C16H20N2O3S/c1-4-11-17-22(20,21)15-9-7-14(8-10-15)16(19)18(3)12(2)13-5-6-13/h1,7-10,12-13,17H,5-6,11H2,2-3H3. The molecule has 1 aromatic rings. The summed E-state index contributed by atoms with van der Waals surface area (Å²) in [4.78, 5) is 14.2. The molecule has 0 saturated heterocycles. The van der Waals surface area contributed by atoms with Crippen molar-refractivity contribution in [2.45, 2.75) is 30.7 Å². The van der Waals surface area contributed by atoms with Crippen LogP contribution in [0.25, 0.3) is 0 Å². The summed E-state index contributed by atoms with van der Waals surface area (Å²) in [6.07, 6.45) is 7.37. The minimum Gasteiger partial charge on any atom is -0.339 e. The van der Waals surface area contributed by atoms with Crippen LogP contribution in [0.1, 0.15) is 30.1 Å². The van der Waals surface area contributed by atoms with E-state index in [1.807, 2.05) is 6.92 Å². The van der Waals surface area contributed by atoms with Crippen LogP contribution in [0.5, 0.6) is 0 Å². The molecule has 1 aliphatic carbocycles. The number of sulfonamides is 1. The van der Waals surface area contributed by atoms with Gasteiger partial charge in [0.1, 0.15) is 0 Å². The molecule has 1 aliphatic rings. The summed E-state index contributed by atoms with van der Waals surface area (Å²) in [7, 11) is -1.84. The van der Waals surface area contributed by atoms with Crippen LogP contribution in [0.4, 0.5) is 0 Å². The Hall–Kier alpha value is -1.84. The summed E-state index contributed by atoms with van der Waals surface area (Å²) in [5.41, 5.74) is 0.478. The number of nitrogens with one attached hydrogen (secondary N) is 1. The molecule has 6 heteroatoms. The van der Waals surface area contributed by atoms with E-state index in [0.717, 1.165) is 12.8 Å². The van der Waals surface area contributed by atoms with Crippen LogP contribution in [0.2, 0.25) is 0 Å². The molecule has 0 spiro atoms. The first-order valence-electron chi connectivity index (χ1n) is 7.17. The van der Waals surface area contributed by atoms with Crippen molar-refractivity contribution in [2.24, 2.45) is 5.92 Å². The van der Waals surface area contributed by atoms with E-state index in [2.05, 4.69) is 10.6 Å². The van der Waals surface area contributed by atoms with Crippen LogP contribution in [0.3, 0.4) is 0 Å². The van der Waals surface area contributed by atoms with Gasteiger partial charge in [0.15, 0.2) is 0 Å². The Labute approximate surface area is 131 Å². The first kappa shape index (κ1) is 16.5. The molecule has 0 radical (unpaired) electrons. The molecule has 1 amide bonds. The smallest absolute Gasteiger partial charge is 0.253 e. The average Bonchev–Trinajstić information content (AvgIpc) is 3.36. The van der Waals surface area contributed by atoms with Gasteiger partial charge in [0, 0.05) is 18.7 Å². The van der Waals surface area contributed by atoms with Crippen LogP contribution in [-0.2, 0) is 10.0 Å². The molecule has 1 N–H and O–H groups in total. The lowest BCUT2D eigenvalue weighted by molar-refractivity contribution is 0.0727. The number of carbonyl (C=O) groups excluding carboxylic acids is 1. The van der Waals surface area contributed by atoms with Gasteiger partial charge in [-0.3, -0.25) is 4.79 Å². The molecule has 1 atom stereocenters. The third-order valence-electron chi connectivity index (χ3n) is 4.01. The number of rotatable bonds is 6. The van der Waals surface area contributed by atoms with Crippen molar-refractivity contribution >= 4 is 15.9 Å². The van der Waals surface area contributed by atoms with E-state index in [4.69, 9.17) is 6.42 Å². The van der Waals surface area contributed by atoms with E-state index in [0.29, 0.717) is 11.5 Å². The van der Waals surface area contributed by atoms with Gasteiger partial charge in [0.25, 0.3) is 5.91 Å². The van der Waals surface area contributed by atoms with E-state index in [-0.39, 0.29) is 23.4 Å². The zero-order valence-electron chi connectivity index (χ0n) is 12.7. The summed E-state index contributed by atoms with van der Waals surface area (Å²) < 4.78 is 26.1. The van der Waals surface area contributed by atoms with Gasteiger partial charge in [-0.25, -0.2) is 8.42 Å². The molecule has 5 nitrogen and oxygen atoms in total. The molecule has 0 heterocycles. The normalized spacial score (nSPS) is 15.9. The van der Waals surface area contributed by atoms with Crippen LogP contribution in [-0.4, -0.2) is 38.9 Å². The lowest BCUT2D eigenvalue weighted by atomic mass is 10.1. The van der Waals surface area contributed by atoms with Crippen LogP contribution in [0, 0.1) is 18.3 Å². The molecular formula is C16H20N2O3S. The van der Waals surface area contributed by atoms with Gasteiger partial charge in [0.2, 0.25) is 10.0 Å². The van der Waals surface area contributed by atoms with E-state index in [1.165, 1.54) is 24.3 Å². The molecule has 1 fully saturated rings. The molecule has 1 aromatic carbocycles. The zero-order valence-corrected chi connectivity index (χ0v) is 13.6. The predicted molar refractivity (Wildman–Crippen MR) is 84.7 cm³/mol. The number of terminal acetylenes is 1. The van der Waals surface area contributed by atoms with E-state index in [1.54, 1.807) is 11.9 Å². The quantitative estimate of drug-likeness (QED) is 0.807. The summed E-state index contributed by atoms with van der Waals surface area (Å²) >= 11 is 0. The molecular weight excluding hydrogens is 300 g/mol. The zero-order chi connectivity index (χ0) is 16.3. The number of carbonyl (C=O) groups is 1. The molecule has 118 valence electrons. The Morgan fingerprint density at radius 3 is 2.50 bits per heavy atom. The molecule has 2 rings (SSSR count). The average molecular weight is 320 g/mol. The topological polar surface area (TPSA) is 66.5 Å². The minimum atomic E-state index is -3.62. The fourth-order valence-corrected chi connectivity index (χ4v) is 3.21. The van der Waals surface area contributed by atoms with Crippen molar-refractivity contribution < 1.29 is 13.2 Å². The van der Waals surface area contributed by atoms with Crippen LogP contribution in [0.15, 0.2) is 29.2 Å². The van der Waals surface area contributed by atoms with Gasteiger partial charge in [-0.1, -0.05) is 5.92 Å². The molecule has 1 saturated carbocycles. The van der Waals surface area contributed by atoms with Crippen molar-refractivity contribution in [2.75, 3.05) is 13.6 Å². The van der Waals surface area contributed by atoms with Gasteiger partial charge in [-0.15, -0.1) is 6.42 Å². The van der Waals surface area contributed by atoms with Gasteiger partial charge >= 0.3 is 0 Å². The number of benzene rings is 1. The highest BCUT2D eigenvalue weighted by Crippen LogP contribution is 2.35. The molecule has 0 aromatic heterocycles. The molecule has 0 bridgehead atoms. The van der Waals surface area contributed by atoms with Crippen molar-refractivity contribution in [3.05, 3.63) is 29.8 Å². The first-order chi connectivity index (χ1) is 10.4. The second-order valence-electron chi connectivity index (χ2n) is 5.55. The SMILES string of the molecule is C#CCNS(=O)(=O)c1ccc(C(=O)N(C)C(C)C2CC2)cc1. The third-order valence-corrected chi connectivity index (χ3v) is 5.43. The van der Waals surface area contributed by atoms with Gasteiger partial charge in [-0.05, 0) is 49.9 Å².